The minimum absolute atomic E-state index is 0.474. The quantitative estimate of drug-likeness (QED) is 0.705. The average molecular weight is 217 g/mol. The first kappa shape index (κ1) is 9.59. The first-order valence-corrected chi connectivity index (χ1v) is 5.69. The van der Waals surface area contributed by atoms with E-state index in [1.807, 2.05) is 12.3 Å². The molecule has 1 aliphatic rings. The molecule has 0 unspecified atom stereocenters. The van der Waals surface area contributed by atoms with Crippen molar-refractivity contribution < 1.29 is 0 Å². The van der Waals surface area contributed by atoms with E-state index in [1.54, 1.807) is 6.33 Å². The fourth-order valence-electron chi connectivity index (χ4n) is 2.16. The zero-order chi connectivity index (χ0) is 10.8. The van der Waals surface area contributed by atoms with Gasteiger partial charge in [-0.2, -0.15) is 0 Å². The molecule has 3 N–H and O–H groups in total. The van der Waals surface area contributed by atoms with E-state index < -0.39 is 0 Å². The lowest BCUT2D eigenvalue weighted by molar-refractivity contribution is 0.479. The molecular formula is C11H15N5. The Morgan fingerprint density at radius 1 is 1.38 bits per heavy atom. The maximum Gasteiger partial charge on any atom is 0.142 e. The van der Waals surface area contributed by atoms with Crippen molar-refractivity contribution in [1.82, 2.24) is 20.3 Å². The highest BCUT2D eigenvalue weighted by Gasteiger charge is 2.14. The summed E-state index contributed by atoms with van der Waals surface area (Å²) in [5.74, 6) is 0.931. The van der Waals surface area contributed by atoms with Crippen molar-refractivity contribution in [3.63, 3.8) is 0 Å². The van der Waals surface area contributed by atoms with Gasteiger partial charge in [0.15, 0.2) is 0 Å². The van der Waals surface area contributed by atoms with Crippen molar-refractivity contribution in [2.24, 2.45) is 0 Å². The molecule has 0 spiro atoms. The molecule has 84 valence electrons. The van der Waals surface area contributed by atoms with Crippen LogP contribution in [-0.2, 0) is 0 Å². The molecule has 0 bridgehead atoms. The molecule has 0 radical (unpaired) electrons. The number of anilines is 1. The van der Waals surface area contributed by atoms with Gasteiger partial charge in [-0.05, 0) is 25.5 Å². The van der Waals surface area contributed by atoms with Crippen LogP contribution in [-0.4, -0.2) is 34.1 Å². The van der Waals surface area contributed by atoms with Crippen LogP contribution in [0.4, 0.5) is 5.82 Å². The zero-order valence-electron chi connectivity index (χ0n) is 9.03. The van der Waals surface area contributed by atoms with Gasteiger partial charge in [-0.3, -0.25) is 0 Å². The molecule has 1 saturated heterocycles. The van der Waals surface area contributed by atoms with Gasteiger partial charge in [0.2, 0.25) is 0 Å². The first-order chi connectivity index (χ1) is 7.93. The van der Waals surface area contributed by atoms with Gasteiger partial charge in [-0.1, -0.05) is 0 Å². The number of aromatic nitrogens is 3. The number of hydrogen-bond acceptors (Lipinski definition) is 4. The molecule has 3 rings (SSSR count). The van der Waals surface area contributed by atoms with Crippen molar-refractivity contribution in [2.75, 3.05) is 18.4 Å². The maximum absolute atomic E-state index is 4.30. The Hall–Kier alpha value is -1.62. The van der Waals surface area contributed by atoms with Crippen molar-refractivity contribution in [1.29, 1.82) is 0 Å². The van der Waals surface area contributed by atoms with E-state index in [0.717, 1.165) is 29.9 Å². The zero-order valence-corrected chi connectivity index (χ0v) is 9.03. The van der Waals surface area contributed by atoms with E-state index >= 15 is 0 Å². The molecule has 5 nitrogen and oxygen atoms in total. The van der Waals surface area contributed by atoms with E-state index in [0.29, 0.717) is 6.04 Å². The molecule has 0 amide bonds. The summed E-state index contributed by atoms with van der Waals surface area (Å²) in [6, 6.07) is 2.48. The molecule has 1 atom stereocenters. The van der Waals surface area contributed by atoms with E-state index in [-0.39, 0.29) is 0 Å². The summed E-state index contributed by atoms with van der Waals surface area (Å²) < 4.78 is 0. The highest BCUT2D eigenvalue weighted by Crippen LogP contribution is 2.19. The van der Waals surface area contributed by atoms with Gasteiger partial charge in [0.25, 0.3) is 0 Å². The molecule has 5 heteroatoms. The topological polar surface area (TPSA) is 65.6 Å². The monoisotopic (exact) mass is 217 g/mol. The lowest BCUT2D eigenvalue weighted by Gasteiger charge is -2.24. The fourth-order valence-corrected chi connectivity index (χ4v) is 2.16. The van der Waals surface area contributed by atoms with Crippen LogP contribution >= 0.6 is 0 Å². The number of fused-ring (bicyclic) bond motifs is 1. The first-order valence-electron chi connectivity index (χ1n) is 5.69. The average Bonchev–Trinajstić information content (AvgIpc) is 2.80. The van der Waals surface area contributed by atoms with Crippen LogP contribution in [0.1, 0.15) is 12.8 Å². The summed E-state index contributed by atoms with van der Waals surface area (Å²) >= 11 is 0. The molecule has 2 aromatic rings. The summed E-state index contributed by atoms with van der Waals surface area (Å²) in [5.41, 5.74) is 0.890. The number of rotatable bonds is 2. The van der Waals surface area contributed by atoms with Crippen LogP contribution in [0.2, 0.25) is 0 Å². The molecule has 16 heavy (non-hydrogen) atoms. The van der Waals surface area contributed by atoms with Crippen molar-refractivity contribution in [3.8, 4) is 0 Å². The predicted molar refractivity (Wildman–Crippen MR) is 63.4 cm³/mol. The Balaban J connectivity index is 1.85. The summed E-state index contributed by atoms with van der Waals surface area (Å²) in [6.07, 6.45) is 5.91. The smallest absolute Gasteiger partial charge is 0.142 e. The third kappa shape index (κ3) is 1.74. The Morgan fingerprint density at radius 2 is 2.38 bits per heavy atom. The Morgan fingerprint density at radius 3 is 3.25 bits per heavy atom. The molecule has 1 aliphatic heterocycles. The third-order valence-corrected chi connectivity index (χ3v) is 2.99. The number of nitrogens with zero attached hydrogens (tertiary/aromatic N) is 2. The lowest BCUT2D eigenvalue weighted by atomic mass is 10.1. The van der Waals surface area contributed by atoms with Crippen molar-refractivity contribution in [2.45, 2.75) is 18.9 Å². The number of hydrogen-bond donors (Lipinski definition) is 3. The van der Waals surface area contributed by atoms with Crippen LogP contribution in [0.25, 0.3) is 11.0 Å². The van der Waals surface area contributed by atoms with E-state index in [4.69, 9.17) is 0 Å². The second kappa shape index (κ2) is 4.09. The Kier molecular flexibility index (Phi) is 2.46. The van der Waals surface area contributed by atoms with Crippen molar-refractivity contribution in [3.05, 3.63) is 18.6 Å². The van der Waals surface area contributed by atoms with Crippen LogP contribution < -0.4 is 10.6 Å². The molecule has 0 aliphatic carbocycles. The summed E-state index contributed by atoms with van der Waals surface area (Å²) in [4.78, 5) is 11.6. The molecule has 2 aromatic heterocycles. The predicted octanol–water partition coefficient (Wildman–Crippen LogP) is 1.12. The van der Waals surface area contributed by atoms with E-state index in [1.165, 1.54) is 12.8 Å². The van der Waals surface area contributed by atoms with Gasteiger partial charge in [0.1, 0.15) is 17.8 Å². The van der Waals surface area contributed by atoms with Crippen LogP contribution in [0, 0.1) is 0 Å². The second-order valence-corrected chi connectivity index (χ2v) is 4.15. The number of nitrogens with one attached hydrogen (secondary N) is 3. The number of aromatic amines is 1. The minimum atomic E-state index is 0.474. The number of piperidine rings is 1. The SMILES string of the molecule is c1nc(N[C@H]2CCCNC2)c2cc[nH]c2n1. The summed E-state index contributed by atoms with van der Waals surface area (Å²) in [6.45, 7) is 2.14. The summed E-state index contributed by atoms with van der Waals surface area (Å²) in [7, 11) is 0. The second-order valence-electron chi connectivity index (χ2n) is 4.15. The largest absolute Gasteiger partial charge is 0.365 e. The molecule has 0 saturated carbocycles. The Labute approximate surface area is 93.7 Å². The van der Waals surface area contributed by atoms with Crippen molar-refractivity contribution >= 4 is 16.9 Å². The van der Waals surface area contributed by atoms with Gasteiger partial charge < -0.3 is 15.6 Å². The highest BCUT2D eigenvalue weighted by molar-refractivity contribution is 5.86. The van der Waals surface area contributed by atoms with E-state index in [9.17, 15) is 0 Å². The molecule has 3 heterocycles. The Bertz CT molecular complexity index is 472. The van der Waals surface area contributed by atoms with Gasteiger partial charge >= 0.3 is 0 Å². The molecule has 0 aromatic carbocycles. The van der Waals surface area contributed by atoms with Gasteiger partial charge in [0.05, 0.1) is 5.39 Å². The van der Waals surface area contributed by atoms with Gasteiger partial charge in [-0.25, -0.2) is 9.97 Å². The highest BCUT2D eigenvalue weighted by atomic mass is 15.1. The van der Waals surface area contributed by atoms with Gasteiger partial charge in [-0.15, -0.1) is 0 Å². The number of H-pyrrole nitrogens is 1. The van der Waals surface area contributed by atoms with E-state index in [2.05, 4.69) is 25.6 Å². The van der Waals surface area contributed by atoms with Crippen LogP contribution in [0.15, 0.2) is 18.6 Å². The molecular weight excluding hydrogens is 202 g/mol. The minimum Gasteiger partial charge on any atom is -0.365 e. The maximum atomic E-state index is 4.30. The summed E-state index contributed by atoms with van der Waals surface area (Å²) in [5, 5.41) is 7.92. The van der Waals surface area contributed by atoms with Crippen LogP contribution in [0.3, 0.4) is 0 Å². The third-order valence-electron chi connectivity index (χ3n) is 2.99. The van der Waals surface area contributed by atoms with Crippen LogP contribution in [0.5, 0.6) is 0 Å². The van der Waals surface area contributed by atoms with Gasteiger partial charge in [0, 0.05) is 18.8 Å². The normalized spacial score (nSPS) is 21.1. The molecule has 1 fully saturated rings. The standard InChI is InChI=1S/C11H15N5/c1-2-8(6-12-4-1)16-11-9-3-5-13-10(9)14-7-15-11/h3,5,7-8,12H,1-2,4,6H2,(H2,13,14,15,16)/t8-/m0/s1. The fraction of sp³-hybridized carbons (Fsp3) is 0.455. The lowest BCUT2D eigenvalue weighted by Crippen LogP contribution is -2.38.